The highest BCUT2D eigenvalue weighted by molar-refractivity contribution is 6.08. The fraction of sp³-hybridized carbons (Fsp3) is 0.222. The molecule has 0 atom stereocenters. The summed E-state index contributed by atoms with van der Waals surface area (Å²) < 4.78 is 1.93. The Hall–Kier alpha value is -2.66. The first-order valence-corrected chi connectivity index (χ1v) is 7.94. The van der Waals surface area contributed by atoms with Crippen LogP contribution in [0.4, 0.5) is 0 Å². The second-order valence-corrected chi connectivity index (χ2v) is 5.58. The van der Waals surface area contributed by atoms with Gasteiger partial charge in [0.05, 0.1) is 24.1 Å². The maximum Gasteiger partial charge on any atom is 0.109 e. The van der Waals surface area contributed by atoms with Gasteiger partial charge in [0.25, 0.3) is 0 Å². The van der Waals surface area contributed by atoms with Crippen LogP contribution in [0, 0.1) is 0 Å². The molecule has 2 aliphatic heterocycles. The van der Waals surface area contributed by atoms with Gasteiger partial charge in [0.15, 0.2) is 0 Å². The van der Waals surface area contributed by atoms with Crippen LogP contribution < -0.4 is 5.32 Å². The summed E-state index contributed by atoms with van der Waals surface area (Å²) in [6.07, 6.45) is 9.30. The van der Waals surface area contributed by atoms with Gasteiger partial charge in [-0.05, 0) is 30.4 Å². The predicted octanol–water partition coefficient (Wildman–Crippen LogP) is 2.33. The van der Waals surface area contributed by atoms with Gasteiger partial charge in [-0.3, -0.25) is 5.01 Å². The van der Waals surface area contributed by atoms with Gasteiger partial charge in [0.2, 0.25) is 0 Å². The van der Waals surface area contributed by atoms with Gasteiger partial charge >= 0.3 is 0 Å². The number of nitrogens with one attached hydrogen (secondary N) is 1. The minimum absolute atomic E-state index is 0.828. The zero-order chi connectivity index (χ0) is 15.5. The second-order valence-electron chi connectivity index (χ2n) is 5.58. The van der Waals surface area contributed by atoms with E-state index in [1.165, 1.54) is 5.70 Å². The molecule has 0 unspecified atom stereocenters. The number of rotatable bonds is 3. The molecule has 2 aromatic rings. The molecule has 0 amide bonds. The Morgan fingerprint density at radius 3 is 2.83 bits per heavy atom. The normalized spacial score (nSPS) is 17.8. The molecule has 1 aromatic carbocycles. The molecule has 2 aliphatic rings. The van der Waals surface area contributed by atoms with Gasteiger partial charge < -0.3 is 5.32 Å². The lowest BCUT2D eigenvalue weighted by Gasteiger charge is -2.27. The first-order valence-electron chi connectivity index (χ1n) is 7.94. The van der Waals surface area contributed by atoms with E-state index in [4.69, 9.17) is 5.10 Å². The molecule has 4 rings (SSSR count). The van der Waals surface area contributed by atoms with Crippen LogP contribution in [-0.2, 0) is 0 Å². The summed E-state index contributed by atoms with van der Waals surface area (Å²) in [5.41, 5.74) is 4.28. The largest absolute Gasteiger partial charge is 0.313 e. The fourth-order valence-corrected chi connectivity index (χ4v) is 2.90. The second kappa shape index (κ2) is 6.22. The van der Waals surface area contributed by atoms with Crippen molar-refractivity contribution in [2.45, 2.75) is 6.42 Å². The maximum absolute atomic E-state index is 4.84. The number of allylic oxidation sites excluding steroid dienone is 1. The highest BCUT2D eigenvalue weighted by Gasteiger charge is 2.17. The fourth-order valence-electron chi connectivity index (χ4n) is 2.90. The molecule has 0 radical (unpaired) electrons. The number of hydrazone groups is 1. The monoisotopic (exact) mass is 305 g/mol. The quantitative estimate of drug-likeness (QED) is 0.946. The number of hydrogen-bond acceptors (Lipinski definition) is 4. The van der Waals surface area contributed by atoms with Crippen molar-refractivity contribution < 1.29 is 0 Å². The first kappa shape index (κ1) is 14.0. The highest BCUT2D eigenvalue weighted by atomic mass is 15.5. The molecule has 0 fully saturated rings. The summed E-state index contributed by atoms with van der Waals surface area (Å²) >= 11 is 0. The van der Waals surface area contributed by atoms with Gasteiger partial charge in [-0.2, -0.15) is 10.2 Å². The van der Waals surface area contributed by atoms with Crippen molar-refractivity contribution in [3.8, 4) is 5.69 Å². The lowest BCUT2D eigenvalue weighted by Crippen LogP contribution is -2.30. The molecular formula is C18H19N5. The van der Waals surface area contributed by atoms with E-state index in [1.54, 1.807) is 0 Å². The molecule has 5 heteroatoms. The third kappa shape index (κ3) is 2.83. The molecule has 3 heterocycles. The van der Waals surface area contributed by atoms with Crippen LogP contribution in [0.3, 0.4) is 0 Å². The average molecular weight is 305 g/mol. The van der Waals surface area contributed by atoms with E-state index < -0.39 is 0 Å². The van der Waals surface area contributed by atoms with Gasteiger partial charge in [-0.15, -0.1) is 0 Å². The van der Waals surface area contributed by atoms with E-state index in [2.05, 4.69) is 45.8 Å². The minimum Gasteiger partial charge on any atom is -0.313 e. The van der Waals surface area contributed by atoms with Crippen molar-refractivity contribution >= 4 is 5.71 Å². The van der Waals surface area contributed by atoms with Crippen molar-refractivity contribution in [2.24, 2.45) is 5.10 Å². The molecule has 0 saturated carbocycles. The van der Waals surface area contributed by atoms with Gasteiger partial charge in [-0.25, -0.2) is 4.68 Å². The Bertz CT molecular complexity index is 770. The maximum atomic E-state index is 4.84. The third-order valence-electron chi connectivity index (χ3n) is 4.06. The lowest BCUT2D eigenvalue weighted by molar-refractivity contribution is 0.373. The van der Waals surface area contributed by atoms with Crippen LogP contribution in [0.1, 0.15) is 12.1 Å². The van der Waals surface area contributed by atoms with E-state index >= 15 is 0 Å². The predicted molar refractivity (Wildman–Crippen MR) is 91.5 cm³/mol. The topological polar surface area (TPSA) is 45.5 Å². The van der Waals surface area contributed by atoms with E-state index in [-0.39, 0.29) is 0 Å². The van der Waals surface area contributed by atoms with E-state index in [1.807, 2.05) is 35.1 Å². The van der Waals surface area contributed by atoms with Crippen LogP contribution in [0.25, 0.3) is 5.69 Å². The van der Waals surface area contributed by atoms with E-state index in [9.17, 15) is 0 Å². The van der Waals surface area contributed by atoms with Crippen LogP contribution >= 0.6 is 0 Å². The molecule has 1 N–H and O–H groups in total. The van der Waals surface area contributed by atoms with Crippen molar-refractivity contribution in [3.63, 3.8) is 0 Å². The molecule has 0 aliphatic carbocycles. The number of nitrogens with zero attached hydrogens (tertiary/aromatic N) is 4. The van der Waals surface area contributed by atoms with Crippen molar-refractivity contribution in [3.05, 3.63) is 72.2 Å². The van der Waals surface area contributed by atoms with Gasteiger partial charge in [-0.1, -0.05) is 24.3 Å². The number of para-hydroxylation sites is 1. The highest BCUT2D eigenvalue weighted by Crippen LogP contribution is 2.18. The van der Waals surface area contributed by atoms with Crippen molar-refractivity contribution in [1.29, 1.82) is 0 Å². The number of aromatic nitrogens is 2. The standard InChI is InChI=1S/C18H19N5/c1-2-5-16(6-3-1)23-18(10-13-20-23)17-7-4-14-22(21-17)15-8-11-19-12-9-15/h1-8,10,13,19H,9,11-12,14H2. The Morgan fingerprint density at radius 2 is 2.00 bits per heavy atom. The Balaban J connectivity index is 1.68. The molecule has 5 nitrogen and oxygen atoms in total. The Kier molecular flexibility index (Phi) is 3.78. The van der Waals surface area contributed by atoms with E-state index in [0.29, 0.717) is 0 Å². The molecule has 0 saturated heterocycles. The molecule has 0 bridgehead atoms. The first-order chi connectivity index (χ1) is 11.4. The molecule has 116 valence electrons. The molecule has 1 aromatic heterocycles. The number of benzene rings is 1. The SMILES string of the molecule is C1=CC(c2ccnn2-c2ccccc2)=NN(C2=CCNCC2)C1. The van der Waals surface area contributed by atoms with Crippen LogP contribution in [0.2, 0.25) is 0 Å². The van der Waals surface area contributed by atoms with Gasteiger partial charge in [0, 0.05) is 25.2 Å². The summed E-state index contributed by atoms with van der Waals surface area (Å²) in [5.74, 6) is 0. The minimum atomic E-state index is 0.828. The molecular weight excluding hydrogens is 286 g/mol. The number of hydrogen-bond donors (Lipinski definition) is 1. The summed E-state index contributed by atoms with van der Waals surface area (Å²) in [5, 5.41) is 14.7. The zero-order valence-corrected chi connectivity index (χ0v) is 12.9. The summed E-state index contributed by atoms with van der Waals surface area (Å²) in [7, 11) is 0. The third-order valence-corrected chi connectivity index (χ3v) is 4.06. The van der Waals surface area contributed by atoms with E-state index in [0.717, 1.165) is 43.1 Å². The molecule has 23 heavy (non-hydrogen) atoms. The Morgan fingerprint density at radius 1 is 1.09 bits per heavy atom. The Labute approximate surface area is 135 Å². The van der Waals surface area contributed by atoms with Crippen molar-refractivity contribution in [2.75, 3.05) is 19.6 Å². The summed E-state index contributed by atoms with van der Waals surface area (Å²) in [6.45, 7) is 2.76. The zero-order valence-electron chi connectivity index (χ0n) is 12.9. The summed E-state index contributed by atoms with van der Waals surface area (Å²) in [6, 6.07) is 12.2. The lowest BCUT2D eigenvalue weighted by atomic mass is 10.2. The van der Waals surface area contributed by atoms with Crippen LogP contribution in [0.5, 0.6) is 0 Å². The van der Waals surface area contributed by atoms with Gasteiger partial charge in [0.1, 0.15) is 5.71 Å². The van der Waals surface area contributed by atoms with Crippen LogP contribution in [0.15, 0.2) is 71.6 Å². The van der Waals surface area contributed by atoms with Crippen molar-refractivity contribution in [1.82, 2.24) is 20.1 Å². The average Bonchev–Trinajstić information content (AvgIpc) is 3.13. The smallest absolute Gasteiger partial charge is 0.109 e. The van der Waals surface area contributed by atoms with Crippen LogP contribution in [-0.4, -0.2) is 40.1 Å². The summed E-state index contributed by atoms with van der Waals surface area (Å²) in [4.78, 5) is 0. The molecule has 0 spiro atoms.